The number of carbonyl (C=O) groups is 2. The Hall–Kier alpha value is -2.41. The van der Waals surface area contributed by atoms with Crippen molar-refractivity contribution in [1.29, 1.82) is 0 Å². The van der Waals surface area contributed by atoms with Gasteiger partial charge in [0.1, 0.15) is 0 Å². The van der Waals surface area contributed by atoms with E-state index in [2.05, 4.69) is 10.3 Å². The predicted octanol–water partition coefficient (Wildman–Crippen LogP) is 3.45. The third kappa shape index (κ3) is 3.73. The van der Waals surface area contributed by atoms with Gasteiger partial charge >= 0.3 is 12.0 Å². The molecule has 0 aliphatic carbocycles. The van der Waals surface area contributed by atoms with E-state index < -0.39 is 5.97 Å². The molecule has 2 heterocycles. The van der Waals surface area contributed by atoms with Crippen molar-refractivity contribution in [1.82, 2.24) is 9.88 Å². The number of hydrogen-bond donors (Lipinski definition) is 2. The van der Waals surface area contributed by atoms with Gasteiger partial charge in [0.25, 0.3) is 0 Å². The molecule has 0 bridgehead atoms. The molecule has 0 spiro atoms. The summed E-state index contributed by atoms with van der Waals surface area (Å²) in [5.41, 5.74) is 2.67. The second-order valence-corrected chi connectivity index (χ2v) is 6.92. The summed E-state index contributed by atoms with van der Waals surface area (Å²) in [6, 6.07) is 7.38. The fourth-order valence-electron chi connectivity index (χ4n) is 2.75. The second-order valence-electron chi connectivity index (χ2n) is 5.86. The molecule has 126 valence electrons. The minimum atomic E-state index is -0.775. The van der Waals surface area contributed by atoms with Crippen LogP contribution in [0, 0.1) is 12.8 Å². The van der Waals surface area contributed by atoms with Crippen LogP contribution in [0.4, 0.5) is 10.5 Å². The van der Waals surface area contributed by atoms with Crippen molar-refractivity contribution in [3.8, 4) is 11.3 Å². The normalized spacial score (nSPS) is 15.3. The molecule has 1 aliphatic heterocycles. The lowest BCUT2D eigenvalue weighted by atomic mass is 9.97. The smallest absolute Gasteiger partial charge is 0.321 e. The van der Waals surface area contributed by atoms with E-state index >= 15 is 0 Å². The fraction of sp³-hybridized carbons (Fsp3) is 0.353. The number of aromatic nitrogens is 1. The van der Waals surface area contributed by atoms with Gasteiger partial charge in [0.15, 0.2) is 0 Å². The monoisotopic (exact) mass is 345 g/mol. The maximum Gasteiger partial charge on any atom is 0.321 e. The highest BCUT2D eigenvalue weighted by Gasteiger charge is 2.26. The van der Waals surface area contributed by atoms with Crippen molar-refractivity contribution >= 4 is 29.0 Å². The average Bonchev–Trinajstić information content (AvgIpc) is 3.02. The van der Waals surface area contributed by atoms with Crippen LogP contribution in [-0.2, 0) is 4.79 Å². The zero-order valence-electron chi connectivity index (χ0n) is 13.4. The van der Waals surface area contributed by atoms with Crippen LogP contribution < -0.4 is 5.32 Å². The van der Waals surface area contributed by atoms with Crippen molar-refractivity contribution in [3.05, 3.63) is 34.7 Å². The highest BCUT2D eigenvalue weighted by Crippen LogP contribution is 2.23. The highest BCUT2D eigenvalue weighted by molar-refractivity contribution is 7.09. The van der Waals surface area contributed by atoms with E-state index in [9.17, 15) is 9.59 Å². The number of carboxylic acids is 1. The van der Waals surface area contributed by atoms with Gasteiger partial charge in [-0.15, -0.1) is 11.3 Å². The number of rotatable bonds is 3. The van der Waals surface area contributed by atoms with Gasteiger partial charge in [-0.25, -0.2) is 9.78 Å². The van der Waals surface area contributed by atoms with Crippen molar-refractivity contribution in [2.45, 2.75) is 19.8 Å². The molecule has 1 fully saturated rings. The number of anilines is 1. The van der Waals surface area contributed by atoms with Crippen LogP contribution in [0.25, 0.3) is 11.3 Å². The number of aliphatic carboxylic acids is 1. The maximum absolute atomic E-state index is 12.3. The molecule has 7 heteroatoms. The lowest BCUT2D eigenvalue weighted by Crippen LogP contribution is -2.42. The molecule has 1 saturated heterocycles. The Morgan fingerprint density at radius 3 is 2.46 bits per heavy atom. The van der Waals surface area contributed by atoms with E-state index in [-0.39, 0.29) is 11.9 Å². The van der Waals surface area contributed by atoms with E-state index in [1.807, 2.05) is 36.6 Å². The molecule has 1 aromatic carbocycles. The van der Waals surface area contributed by atoms with Gasteiger partial charge in [0, 0.05) is 29.7 Å². The molecule has 24 heavy (non-hydrogen) atoms. The van der Waals surface area contributed by atoms with Gasteiger partial charge in [-0.2, -0.15) is 0 Å². The van der Waals surface area contributed by atoms with Crippen LogP contribution in [0.3, 0.4) is 0 Å². The van der Waals surface area contributed by atoms with Crippen LogP contribution in [-0.4, -0.2) is 40.1 Å². The molecule has 1 aliphatic rings. The van der Waals surface area contributed by atoms with E-state index in [1.54, 1.807) is 16.2 Å². The first-order valence-electron chi connectivity index (χ1n) is 7.84. The van der Waals surface area contributed by atoms with Crippen LogP contribution >= 0.6 is 11.3 Å². The minimum absolute atomic E-state index is 0.184. The van der Waals surface area contributed by atoms with E-state index in [0.717, 1.165) is 22.0 Å². The van der Waals surface area contributed by atoms with Gasteiger partial charge < -0.3 is 15.3 Å². The predicted molar refractivity (Wildman–Crippen MR) is 93.2 cm³/mol. The molecular weight excluding hydrogens is 326 g/mol. The summed E-state index contributed by atoms with van der Waals surface area (Å²) in [6.07, 6.45) is 1.01. The van der Waals surface area contributed by atoms with Crippen LogP contribution in [0.15, 0.2) is 29.6 Å². The number of nitrogens with zero attached hydrogens (tertiary/aromatic N) is 2. The van der Waals surface area contributed by atoms with Crippen LogP contribution in [0.2, 0.25) is 0 Å². The molecule has 2 N–H and O–H groups in total. The van der Waals surface area contributed by atoms with Gasteiger partial charge in [-0.1, -0.05) is 12.1 Å². The summed E-state index contributed by atoms with van der Waals surface area (Å²) in [5.74, 6) is -1.11. The second kappa shape index (κ2) is 7.00. The molecule has 2 aromatic rings. The molecule has 3 rings (SSSR count). The Bertz CT molecular complexity index is 734. The molecular formula is C17H19N3O3S. The zero-order chi connectivity index (χ0) is 17.1. The number of hydrogen-bond acceptors (Lipinski definition) is 4. The summed E-state index contributed by atoms with van der Waals surface area (Å²) >= 11 is 1.61. The third-order valence-electron chi connectivity index (χ3n) is 4.18. The number of carbonyl (C=O) groups excluding carboxylic acids is 1. The number of nitrogens with one attached hydrogen (secondary N) is 1. The first-order valence-corrected chi connectivity index (χ1v) is 8.72. The SMILES string of the molecule is Cc1nc(-c2ccc(NC(=O)N3CCC(C(=O)O)CC3)cc2)cs1. The standard InChI is InChI=1S/C17H19N3O3S/c1-11-18-15(10-24-11)12-2-4-14(5-3-12)19-17(23)20-8-6-13(7-9-20)16(21)22/h2-5,10,13H,6-9H2,1H3,(H,19,23)(H,21,22). The molecule has 0 atom stereocenters. The van der Waals surface area contributed by atoms with E-state index in [0.29, 0.717) is 25.9 Å². The lowest BCUT2D eigenvalue weighted by molar-refractivity contribution is -0.143. The summed E-state index contributed by atoms with van der Waals surface area (Å²) < 4.78 is 0. The number of carboxylic acid groups (broad SMARTS) is 1. The van der Waals surface area contributed by atoms with Crippen molar-refractivity contribution in [3.63, 3.8) is 0 Å². The zero-order valence-corrected chi connectivity index (χ0v) is 14.2. The number of likely N-dealkylation sites (tertiary alicyclic amines) is 1. The largest absolute Gasteiger partial charge is 0.481 e. The van der Waals surface area contributed by atoms with Gasteiger partial charge in [0.05, 0.1) is 16.6 Å². The number of benzene rings is 1. The van der Waals surface area contributed by atoms with Gasteiger partial charge in [0.2, 0.25) is 0 Å². The molecule has 2 amide bonds. The first kappa shape index (κ1) is 16.4. The Morgan fingerprint density at radius 1 is 1.25 bits per heavy atom. The number of urea groups is 1. The fourth-order valence-corrected chi connectivity index (χ4v) is 3.37. The summed E-state index contributed by atoms with van der Waals surface area (Å²) in [7, 11) is 0. The lowest BCUT2D eigenvalue weighted by Gasteiger charge is -2.30. The van der Waals surface area contributed by atoms with E-state index in [4.69, 9.17) is 5.11 Å². The third-order valence-corrected chi connectivity index (χ3v) is 4.96. The average molecular weight is 345 g/mol. The Balaban J connectivity index is 1.58. The topological polar surface area (TPSA) is 82.5 Å². The van der Waals surface area contributed by atoms with Crippen LogP contribution in [0.1, 0.15) is 17.8 Å². The molecule has 1 aromatic heterocycles. The van der Waals surface area contributed by atoms with Crippen molar-refractivity contribution < 1.29 is 14.7 Å². The number of amides is 2. The molecule has 0 radical (unpaired) electrons. The van der Waals surface area contributed by atoms with Gasteiger partial charge in [-0.05, 0) is 31.9 Å². The molecule has 6 nitrogen and oxygen atoms in total. The Kier molecular flexibility index (Phi) is 4.80. The van der Waals surface area contributed by atoms with Crippen molar-refractivity contribution in [2.24, 2.45) is 5.92 Å². The first-order chi connectivity index (χ1) is 11.5. The Morgan fingerprint density at radius 2 is 1.92 bits per heavy atom. The molecule has 0 saturated carbocycles. The molecule has 0 unspecified atom stereocenters. The highest BCUT2D eigenvalue weighted by atomic mass is 32.1. The number of piperidine rings is 1. The summed E-state index contributed by atoms with van der Waals surface area (Å²) in [6.45, 7) is 2.91. The minimum Gasteiger partial charge on any atom is -0.481 e. The summed E-state index contributed by atoms with van der Waals surface area (Å²) in [4.78, 5) is 29.3. The number of thiazole rings is 1. The quantitative estimate of drug-likeness (QED) is 0.892. The summed E-state index contributed by atoms with van der Waals surface area (Å²) in [5, 5.41) is 14.9. The van der Waals surface area contributed by atoms with E-state index in [1.165, 1.54) is 0 Å². The van der Waals surface area contributed by atoms with Gasteiger partial charge in [-0.3, -0.25) is 4.79 Å². The number of aryl methyl sites for hydroxylation is 1. The maximum atomic E-state index is 12.3. The van der Waals surface area contributed by atoms with Crippen molar-refractivity contribution in [2.75, 3.05) is 18.4 Å². The Labute approximate surface area is 144 Å². The van der Waals surface area contributed by atoms with Crippen LogP contribution in [0.5, 0.6) is 0 Å².